The number of carbonyl (C=O) groups is 4. The average molecular weight is 583 g/mol. The number of amides is 4. The highest BCUT2D eigenvalue weighted by atomic mass is 16.6. The van der Waals surface area contributed by atoms with Crippen LogP contribution in [0, 0.1) is 5.92 Å². The van der Waals surface area contributed by atoms with Crippen molar-refractivity contribution < 1.29 is 28.7 Å². The molecule has 3 aromatic carbocycles. The van der Waals surface area contributed by atoms with Gasteiger partial charge in [-0.15, -0.1) is 0 Å². The summed E-state index contributed by atoms with van der Waals surface area (Å²) in [5.74, 6) is -1.05. The molecule has 1 heterocycles. The third kappa shape index (κ3) is 9.39. The van der Waals surface area contributed by atoms with E-state index in [1.807, 2.05) is 103 Å². The van der Waals surface area contributed by atoms with Crippen LogP contribution >= 0.6 is 0 Å². The van der Waals surface area contributed by atoms with E-state index >= 15 is 0 Å². The zero-order valence-electron chi connectivity index (χ0n) is 23.8. The van der Waals surface area contributed by atoms with Gasteiger partial charge in [0, 0.05) is 13.5 Å². The van der Waals surface area contributed by atoms with Gasteiger partial charge in [0.05, 0.1) is 12.0 Å². The molecule has 4 rings (SSSR count). The normalized spacial score (nSPS) is 15.7. The SMILES string of the molecule is CC(=O)N1C(=O)C(CCCN=C(NC(=O)OCc2ccccc2)NC(=O)OCc2ccccc2)C1/C=C/c1ccccc1. The molecule has 0 radical (unpaired) electrons. The van der Waals surface area contributed by atoms with Crippen LogP contribution in [-0.2, 0) is 32.3 Å². The van der Waals surface area contributed by atoms with Crippen LogP contribution in [0.1, 0.15) is 36.5 Å². The predicted molar refractivity (Wildman–Crippen MR) is 161 cm³/mol. The minimum atomic E-state index is -0.802. The van der Waals surface area contributed by atoms with E-state index in [9.17, 15) is 19.2 Å². The Morgan fingerprint density at radius 1 is 0.814 bits per heavy atom. The van der Waals surface area contributed by atoms with Gasteiger partial charge in [-0.2, -0.15) is 0 Å². The predicted octanol–water partition coefficient (Wildman–Crippen LogP) is 5.06. The maximum absolute atomic E-state index is 12.7. The van der Waals surface area contributed by atoms with Crippen LogP contribution in [0.25, 0.3) is 6.08 Å². The Kier molecular flexibility index (Phi) is 11.2. The Hall–Kier alpha value is -5.25. The van der Waals surface area contributed by atoms with Crippen LogP contribution in [0.4, 0.5) is 9.59 Å². The van der Waals surface area contributed by atoms with Gasteiger partial charge in [-0.3, -0.25) is 30.1 Å². The van der Waals surface area contributed by atoms with E-state index in [2.05, 4.69) is 15.6 Å². The van der Waals surface area contributed by atoms with Crippen molar-refractivity contribution in [3.63, 3.8) is 0 Å². The second-order valence-electron chi connectivity index (χ2n) is 9.84. The molecule has 3 aromatic rings. The van der Waals surface area contributed by atoms with Crippen molar-refractivity contribution >= 4 is 36.0 Å². The Balaban J connectivity index is 1.35. The van der Waals surface area contributed by atoms with Crippen molar-refractivity contribution in [2.75, 3.05) is 6.54 Å². The monoisotopic (exact) mass is 582 g/mol. The van der Waals surface area contributed by atoms with Crippen molar-refractivity contribution in [2.24, 2.45) is 10.9 Å². The van der Waals surface area contributed by atoms with Gasteiger partial charge in [0.2, 0.25) is 17.8 Å². The smallest absolute Gasteiger partial charge is 0.414 e. The van der Waals surface area contributed by atoms with Crippen molar-refractivity contribution in [3.05, 3.63) is 114 Å². The van der Waals surface area contributed by atoms with Gasteiger partial charge in [-0.1, -0.05) is 103 Å². The summed E-state index contributed by atoms with van der Waals surface area (Å²) >= 11 is 0. The second kappa shape index (κ2) is 15.7. The number of guanidine groups is 1. The van der Waals surface area contributed by atoms with Crippen LogP contribution in [-0.4, -0.2) is 47.4 Å². The zero-order chi connectivity index (χ0) is 30.4. The third-order valence-corrected chi connectivity index (χ3v) is 6.70. The number of alkyl carbamates (subject to hydrolysis) is 2. The van der Waals surface area contributed by atoms with E-state index in [1.165, 1.54) is 11.8 Å². The quantitative estimate of drug-likeness (QED) is 0.149. The first-order valence-corrected chi connectivity index (χ1v) is 14.0. The fourth-order valence-corrected chi connectivity index (χ4v) is 4.55. The number of hydrogen-bond acceptors (Lipinski definition) is 7. The van der Waals surface area contributed by atoms with Crippen molar-refractivity contribution in [2.45, 2.75) is 39.0 Å². The number of β-lactam (4-membered cyclic amide) rings is 1. The van der Waals surface area contributed by atoms with Crippen LogP contribution < -0.4 is 10.6 Å². The topological polar surface area (TPSA) is 126 Å². The molecular formula is C33H34N4O6. The maximum atomic E-state index is 12.7. The van der Waals surface area contributed by atoms with Crippen molar-refractivity contribution in [1.29, 1.82) is 0 Å². The summed E-state index contributed by atoms with van der Waals surface area (Å²) in [5.41, 5.74) is 2.56. The van der Waals surface area contributed by atoms with Gasteiger partial charge in [0.25, 0.3) is 0 Å². The molecule has 0 spiro atoms. The number of benzene rings is 3. The number of rotatable bonds is 10. The molecule has 0 aromatic heterocycles. The highest BCUT2D eigenvalue weighted by Crippen LogP contribution is 2.32. The molecule has 0 aliphatic carbocycles. The highest BCUT2D eigenvalue weighted by Gasteiger charge is 2.47. The molecule has 2 unspecified atom stereocenters. The first kappa shape index (κ1) is 30.7. The van der Waals surface area contributed by atoms with Gasteiger partial charge in [0.1, 0.15) is 13.2 Å². The van der Waals surface area contributed by atoms with Crippen LogP contribution in [0.3, 0.4) is 0 Å². The average Bonchev–Trinajstić information content (AvgIpc) is 3.02. The molecule has 1 fully saturated rings. The molecule has 0 saturated carbocycles. The summed E-state index contributed by atoms with van der Waals surface area (Å²) in [6.07, 6.45) is 3.08. The lowest BCUT2D eigenvalue weighted by atomic mass is 9.83. The number of hydrogen-bond donors (Lipinski definition) is 2. The molecule has 2 atom stereocenters. The number of ether oxygens (including phenoxy) is 2. The molecule has 4 amide bonds. The Bertz CT molecular complexity index is 1380. The maximum Gasteiger partial charge on any atom is 0.414 e. The molecule has 10 nitrogen and oxygen atoms in total. The summed E-state index contributed by atoms with van der Waals surface area (Å²) in [7, 11) is 0. The van der Waals surface area contributed by atoms with Gasteiger partial charge in [-0.25, -0.2) is 9.59 Å². The number of imide groups is 1. The van der Waals surface area contributed by atoms with Crippen molar-refractivity contribution in [1.82, 2.24) is 15.5 Å². The molecule has 1 saturated heterocycles. The lowest BCUT2D eigenvalue weighted by Crippen LogP contribution is -2.61. The summed E-state index contributed by atoms with van der Waals surface area (Å²) in [6.45, 7) is 1.63. The van der Waals surface area contributed by atoms with Gasteiger partial charge in [-0.05, 0) is 29.5 Å². The first-order chi connectivity index (χ1) is 20.9. The number of nitrogens with zero attached hydrogens (tertiary/aromatic N) is 2. The Morgan fingerprint density at radius 2 is 1.33 bits per heavy atom. The minimum absolute atomic E-state index is 0.0345. The second-order valence-corrected chi connectivity index (χ2v) is 9.84. The summed E-state index contributed by atoms with van der Waals surface area (Å²) < 4.78 is 10.5. The van der Waals surface area contributed by atoms with Crippen LogP contribution in [0.15, 0.2) is 102 Å². The third-order valence-electron chi connectivity index (χ3n) is 6.70. The van der Waals surface area contributed by atoms with E-state index in [4.69, 9.17) is 9.47 Å². The van der Waals surface area contributed by atoms with Gasteiger partial charge in [0.15, 0.2) is 0 Å². The first-order valence-electron chi connectivity index (χ1n) is 14.0. The van der Waals surface area contributed by atoms with E-state index < -0.39 is 12.2 Å². The summed E-state index contributed by atoms with van der Waals surface area (Å²) in [4.78, 5) is 55.3. The minimum Gasteiger partial charge on any atom is -0.444 e. The number of likely N-dealkylation sites (tertiary alicyclic amines) is 1. The largest absolute Gasteiger partial charge is 0.444 e. The highest BCUT2D eigenvalue weighted by molar-refractivity contribution is 6.02. The zero-order valence-corrected chi connectivity index (χ0v) is 23.8. The Morgan fingerprint density at radius 3 is 1.84 bits per heavy atom. The standard InChI is InChI=1S/C33H34N4O6/c1-24(38)37-29(20-19-25-12-5-2-6-13-25)28(30(37)39)18-11-21-34-31(35-32(40)42-22-26-14-7-3-8-15-26)36-33(41)43-23-27-16-9-4-10-17-27/h2-10,12-17,19-20,28-29H,11,18,21-23H2,1H3,(H2,34,35,36,40,41)/b20-19+. The van der Waals surface area contributed by atoms with Crippen molar-refractivity contribution in [3.8, 4) is 0 Å². The lowest BCUT2D eigenvalue weighted by molar-refractivity contribution is -0.162. The molecule has 1 aliphatic heterocycles. The van der Waals surface area contributed by atoms with E-state index in [0.29, 0.717) is 12.8 Å². The number of carbonyl (C=O) groups excluding carboxylic acids is 4. The molecule has 1 aliphatic rings. The molecule has 10 heteroatoms. The Labute approximate surface area is 250 Å². The molecule has 0 bridgehead atoms. The summed E-state index contributed by atoms with van der Waals surface area (Å²) in [6, 6.07) is 27.6. The molecule has 43 heavy (non-hydrogen) atoms. The number of nitrogens with one attached hydrogen (secondary N) is 2. The van der Waals surface area contributed by atoms with Crippen LogP contribution in [0.5, 0.6) is 0 Å². The fraction of sp³-hybridized carbons (Fsp3) is 0.242. The van der Waals surface area contributed by atoms with E-state index in [1.54, 1.807) is 0 Å². The molecular weight excluding hydrogens is 548 g/mol. The van der Waals surface area contributed by atoms with Crippen LogP contribution in [0.2, 0.25) is 0 Å². The summed E-state index contributed by atoms with van der Waals surface area (Å²) in [5, 5.41) is 4.91. The number of aliphatic imine (C=N–C) groups is 1. The van der Waals surface area contributed by atoms with E-state index in [-0.39, 0.29) is 49.5 Å². The van der Waals surface area contributed by atoms with E-state index in [0.717, 1.165) is 16.7 Å². The fourth-order valence-electron chi connectivity index (χ4n) is 4.55. The lowest BCUT2D eigenvalue weighted by Gasteiger charge is -2.44. The van der Waals surface area contributed by atoms with Gasteiger partial charge >= 0.3 is 12.2 Å². The van der Waals surface area contributed by atoms with Gasteiger partial charge < -0.3 is 9.47 Å². The molecule has 2 N–H and O–H groups in total. The molecule has 222 valence electrons.